The minimum Gasteiger partial charge on any atom is -0.350 e. The fourth-order valence-electron chi connectivity index (χ4n) is 4.16. The van der Waals surface area contributed by atoms with Crippen LogP contribution in [0.15, 0.2) is 42.5 Å². The molecule has 1 heterocycles. The van der Waals surface area contributed by atoms with Gasteiger partial charge in [-0.1, -0.05) is 35.9 Å². The Bertz CT molecular complexity index is 866. The number of carbonyl (C=O) groups excluding carboxylic acids is 2. The Morgan fingerprint density at radius 3 is 2.18 bits per heavy atom. The number of ketones is 2. The fraction of sp³-hybridized carbons (Fsp3) is 0.391. The van der Waals surface area contributed by atoms with Crippen molar-refractivity contribution in [3.05, 3.63) is 58.6 Å². The van der Waals surface area contributed by atoms with Crippen LogP contribution >= 0.6 is 11.6 Å². The Kier molecular flexibility index (Phi) is 5.63. The lowest BCUT2D eigenvalue weighted by atomic mass is 9.74. The van der Waals surface area contributed by atoms with Crippen LogP contribution in [0.5, 0.6) is 0 Å². The van der Waals surface area contributed by atoms with Crippen LogP contribution in [0.3, 0.4) is 0 Å². The molecule has 0 atom stereocenters. The van der Waals surface area contributed by atoms with Crippen LogP contribution in [-0.2, 0) is 19.1 Å². The number of hydrogen-bond acceptors (Lipinski definition) is 4. The third kappa shape index (κ3) is 4.04. The van der Waals surface area contributed by atoms with Gasteiger partial charge in [0.05, 0.1) is 13.2 Å². The number of rotatable bonds is 4. The molecular formula is C23H23ClO4. The van der Waals surface area contributed by atoms with E-state index in [4.69, 9.17) is 21.1 Å². The molecule has 146 valence electrons. The largest absolute Gasteiger partial charge is 0.350 e. The molecule has 2 aromatic rings. The molecule has 0 N–H and O–H groups in total. The summed E-state index contributed by atoms with van der Waals surface area (Å²) in [4.78, 5) is 25.8. The highest BCUT2D eigenvalue weighted by molar-refractivity contribution is 6.30. The van der Waals surface area contributed by atoms with Crippen molar-refractivity contribution >= 4 is 23.2 Å². The van der Waals surface area contributed by atoms with Gasteiger partial charge in [-0.15, -0.1) is 0 Å². The first-order valence-corrected chi connectivity index (χ1v) is 10.0. The summed E-state index contributed by atoms with van der Waals surface area (Å²) in [6.07, 6.45) is 1.11. The normalized spacial score (nSPS) is 23.4. The number of ether oxygens (including phenoxy) is 2. The van der Waals surface area contributed by atoms with Gasteiger partial charge in [0.1, 0.15) is 17.5 Å². The van der Waals surface area contributed by atoms with Gasteiger partial charge in [-0.2, -0.15) is 0 Å². The SMILES string of the molecule is Cc1ccc(-c2ccc(Cl)cc2)cc1C1C(=O)CC(CC2OCCO2)CC1=O. The van der Waals surface area contributed by atoms with Crippen molar-refractivity contribution in [2.45, 2.75) is 38.4 Å². The molecule has 0 amide bonds. The van der Waals surface area contributed by atoms with Crippen molar-refractivity contribution in [1.29, 1.82) is 0 Å². The van der Waals surface area contributed by atoms with E-state index in [-0.39, 0.29) is 23.8 Å². The average molecular weight is 399 g/mol. The molecule has 5 heteroatoms. The van der Waals surface area contributed by atoms with Crippen molar-refractivity contribution < 1.29 is 19.1 Å². The van der Waals surface area contributed by atoms with E-state index in [1.54, 1.807) is 0 Å². The number of halogens is 1. The molecule has 1 saturated carbocycles. The highest BCUT2D eigenvalue weighted by Gasteiger charge is 2.38. The van der Waals surface area contributed by atoms with Gasteiger partial charge < -0.3 is 9.47 Å². The Balaban J connectivity index is 1.56. The minimum absolute atomic E-state index is 0.000830. The van der Waals surface area contributed by atoms with Gasteiger partial charge in [0.2, 0.25) is 0 Å². The predicted molar refractivity (Wildman–Crippen MR) is 107 cm³/mol. The molecular weight excluding hydrogens is 376 g/mol. The molecule has 2 fully saturated rings. The molecule has 0 bridgehead atoms. The Morgan fingerprint density at radius 2 is 1.54 bits per heavy atom. The molecule has 1 aliphatic carbocycles. The van der Waals surface area contributed by atoms with Crippen LogP contribution in [0, 0.1) is 12.8 Å². The maximum absolute atomic E-state index is 12.9. The summed E-state index contributed by atoms with van der Waals surface area (Å²) in [5.74, 6) is -0.681. The molecule has 4 rings (SSSR count). The Hall–Kier alpha value is -2.01. The molecule has 2 aliphatic rings. The molecule has 0 spiro atoms. The van der Waals surface area contributed by atoms with Crippen molar-refractivity contribution in [2.75, 3.05) is 13.2 Å². The molecule has 4 nitrogen and oxygen atoms in total. The predicted octanol–water partition coefficient (Wildman–Crippen LogP) is 4.71. The van der Waals surface area contributed by atoms with Gasteiger partial charge >= 0.3 is 0 Å². The number of Topliss-reactive ketones (excluding diaryl/α,β-unsaturated/α-hetero) is 2. The molecule has 1 aliphatic heterocycles. The Morgan fingerprint density at radius 1 is 0.929 bits per heavy atom. The number of hydrogen-bond donors (Lipinski definition) is 0. The van der Waals surface area contributed by atoms with Gasteiger partial charge in [-0.3, -0.25) is 9.59 Å². The zero-order valence-corrected chi connectivity index (χ0v) is 16.6. The van der Waals surface area contributed by atoms with E-state index in [1.165, 1.54) is 0 Å². The maximum atomic E-state index is 12.9. The third-order valence-electron chi connectivity index (χ3n) is 5.61. The average Bonchev–Trinajstić information content (AvgIpc) is 3.16. The van der Waals surface area contributed by atoms with Gasteiger partial charge in [0, 0.05) is 24.3 Å². The van der Waals surface area contributed by atoms with Gasteiger partial charge in [-0.05, 0) is 53.3 Å². The zero-order chi connectivity index (χ0) is 19.7. The van der Waals surface area contributed by atoms with Crippen LogP contribution in [-0.4, -0.2) is 31.1 Å². The monoisotopic (exact) mass is 398 g/mol. The third-order valence-corrected chi connectivity index (χ3v) is 5.86. The van der Waals surface area contributed by atoms with E-state index < -0.39 is 5.92 Å². The summed E-state index contributed by atoms with van der Waals surface area (Å²) >= 11 is 5.98. The quantitative estimate of drug-likeness (QED) is 0.700. The first kappa shape index (κ1) is 19.3. The van der Waals surface area contributed by atoms with Gasteiger partial charge in [-0.25, -0.2) is 0 Å². The summed E-state index contributed by atoms with van der Waals surface area (Å²) in [5, 5.41) is 0.676. The summed E-state index contributed by atoms with van der Waals surface area (Å²) < 4.78 is 11.0. The molecule has 0 radical (unpaired) electrons. The van der Waals surface area contributed by atoms with Crippen molar-refractivity contribution in [2.24, 2.45) is 5.92 Å². The summed E-state index contributed by atoms with van der Waals surface area (Å²) in [6, 6.07) is 13.5. The van der Waals surface area contributed by atoms with E-state index >= 15 is 0 Å². The summed E-state index contributed by atoms with van der Waals surface area (Å²) in [5.41, 5.74) is 3.77. The van der Waals surface area contributed by atoms with Crippen LogP contribution in [0.1, 0.15) is 36.3 Å². The van der Waals surface area contributed by atoms with Crippen LogP contribution in [0.2, 0.25) is 5.02 Å². The first-order valence-electron chi connectivity index (χ1n) is 9.66. The molecule has 1 saturated heterocycles. The molecule has 0 aromatic heterocycles. The van der Waals surface area contributed by atoms with E-state index in [0.29, 0.717) is 37.5 Å². The molecule has 2 aromatic carbocycles. The second-order valence-electron chi connectivity index (χ2n) is 7.63. The van der Waals surface area contributed by atoms with Crippen molar-refractivity contribution in [1.82, 2.24) is 0 Å². The lowest BCUT2D eigenvalue weighted by Gasteiger charge is -2.28. The second-order valence-corrected chi connectivity index (χ2v) is 8.06. The first-order chi connectivity index (χ1) is 13.5. The van der Waals surface area contributed by atoms with Crippen LogP contribution < -0.4 is 0 Å². The lowest BCUT2D eigenvalue weighted by Crippen LogP contribution is -2.33. The Labute approximate surface area is 169 Å². The zero-order valence-electron chi connectivity index (χ0n) is 15.8. The second kappa shape index (κ2) is 8.16. The van der Waals surface area contributed by atoms with Crippen LogP contribution in [0.4, 0.5) is 0 Å². The fourth-order valence-corrected chi connectivity index (χ4v) is 4.28. The maximum Gasteiger partial charge on any atom is 0.158 e. The topological polar surface area (TPSA) is 52.6 Å². The van der Waals surface area contributed by atoms with E-state index in [2.05, 4.69) is 0 Å². The number of aryl methyl sites for hydroxylation is 1. The molecule has 28 heavy (non-hydrogen) atoms. The number of carbonyl (C=O) groups is 2. The standard InChI is InChI=1S/C23H23ClO4/c1-14-2-3-17(16-4-6-18(24)7-5-16)13-19(14)23-20(25)10-15(11-21(23)26)12-22-27-8-9-28-22/h2-7,13,15,22-23H,8-12H2,1H3. The van der Waals surface area contributed by atoms with Crippen LogP contribution in [0.25, 0.3) is 11.1 Å². The van der Waals surface area contributed by atoms with E-state index in [9.17, 15) is 9.59 Å². The van der Waals surface area contributed by atoms with E-state index in [0.717, 1.165) is 22.3 Å². The van der Waals surface area contributed by atoms with Crippen molar-refractivity contribution in [3.63, 3.8) is 0 Å². The minimum atomic E-state index is -0.672. The summed E-state index contributed by atoms with van der Waals surface area (Å²) in [7, 11) is 0. The summed E-state index contributed by atoms with van der Waals surface area (Å²) in [6.45, 7) is 3.12. The van der Waals surface area contributed by atoms with Gasteiger partial charge in [0.25, 0.3) is 0 Å². The van der Waals surface area contributed by atoms with Crippen molar-refractivity contribution in [3.8, 4) is 11.1 Å². The van der Waals surface area contributed by atoms with E-state index in [1.807, 2.05) is 49.4 Å². The molecule has 0 unspecified atom stereocenters. The lowest BCUT2D eigenvalue weighted by molar-refractivity contribution is -0.135. The van der Waals surface area contributed by atoms with Gasteiger partial charge in [0.15, 0.2) is 6.29 Å². The highest BCUT2D eigenvalue weighted by Crippen LogP contribution is 2.36. The number of benzene rings is 2. The highest BCUT2D eigenvalue weighted by atomic mass is 35.5. The smallest absolute Gasteiger partial charge is 0.158 e.